The van der Waals surface area contributed by atoms with Crippen molar-refractivity contribution in [2.24, 2.45) is 5.92 Å². The molecule has 3 N–H and O–H groups in total. The molecule has 2 aliphatic rings. The van der Waals surface area contributed by atoms with E-state index in [1.807, 2.05) is 11.5 Å². The van der Waals surface area contributed by atoms with Crippen molar-refractivity contribution < 1.29 is 22.7 Å². The Hall–Kier alpha value is -3.41. The topological polar surface area (TPSA) is 106 Å². The van der Waals surface area contributed by atoms with E-state index in [9.17, 15) is 18.0 Å². The van der Waals surface area contributed by atoms with Gasteiger partial charge in [0.25, 0.3) is 0 Å². The zero-order valence-electron chi connectivity index (χ0n) is 21.4. The number of imidazole rings is 1. The van der Waals surface area contributed by atoms with Gasteiger partial charge in [0.2, 0.25) is 17.8 Å². The summed E-state index contributed by atoms with van der Waals surface area (Å²) in [7, 11) is 1.62. The number of halogens is 3. The molecule has 204 valence electrons. The van der Waals surface area contributed by atoms with Gasteiger partial charge in [-0.2, -0.15) is 4.98 Å². The molecular formula is C26H32F3N7O2. The summed E-state index contributed by atoms with van der Waals surface area (Å²) in [6.45, 7) is 2.49. The van der Waals surface area contributed by atoms with Crippen molar-refractivity contribution in [3.05, 3.63) is 35.8 Å². The lowest BCUT2D eigenvalue weighted by molar-refractivity contribution is -0.126. The third-order valence-corrected chi connectivity index (χ3v) is 7.23. The highest BCUT2D eigenvalue weighted by atomic mass is 19.1. The van der Waals surface area contributed by atoms with Crippen LogP contribution in [-0.4, -0.2) is 51.2 Å². The van der Waals surface area contributed by atoms with E-state index >= 15 is 0 Å². The lowest BCUT2D eigenvalue weighted by Crippen LogP contribution is -2.35. The van der Waals surface area contributed by atoms with Gasteiger partial charge in [-0.25, -0.2) is 23.1 Å². The summed E-state index contributed by atoms with van der Waals surface area (Å²) >= 11 is 0. The molecule has 0 spiro atoms. The van der Waals surface area contributed by atoms with E-state index in [1.165, 1.54) is 0 Å². The second kappa shape index (κ2) is 11.1. The number of hydrogen-bond acceptors (Lipinski definition) is 7. The molecule has 1 aromatic carbocycles. The van der Waals surface area contributed by atoms with Crippen LogP contribution < -0.4 is 16.0 Å². The largest absolute Gasteiger partial charge is 0.383 e. The smallest absolute Gasteiger partial charge is 0.225 e. The third-order valence-electron chi connectivity index (χ3n) is 7.23. The van der Waals surface area contributed by atoms with Crippen molar-refractivity contribution in [2.45, 2.75) is 70.0 Å². The summed E-state index contributed by atoms with van der Waals surface area (Å²) in [6.07, 6.45) is 7.07. The average Bonchev–Trinajstić information content (AvgIpc) is 3.64. The Kier molecular flexibility index (Phi) is 7.68. The Morgan fingerprint density at radius 1 is 1.11 bits per heavy atom. The first kappa shape index (κ1) is 26.2. The van der Waals surface area contributed by atoms with Gasteiger partial charge in [-0.3, -0.25) is 9.36 Å². The van der Waals surface area contributed by atoms with Crippen LogP contribution in [0.1, 0.15) is 57.9 Å². The number of hydrogen-bond donors (Lipinski definition) is 3. The predicted molar refractivity (Wildman–Crippen MR) is 137 cm³/mol. The zero-order valence-corrected chi connectivity index (χ0v) is 21.4. The molecule has 0 unspecified atom stereocenters. The number of anilines is 3. The molecule has 1 amide bonds. The quantitative estimate of drug-likeness (QED) is 0.344. The van der Waals surface area contributed by atoms with Crippen molar-refractivity contribution >= 4 is 34.7 Å². The Balaban J connectivity index is 1.47. The van der Waals surface area contributed by atoms with Gasteiger partial charge in [0, 0.05) is 37.2 Å². The van der Waals surface area contributed by atoms with Gasteiger partial charge in [0.1, 0.15) is 17.0 Å². The van der Waals surface area contributed by atoms with Crippen molar-refractivity contribution in [1.29, 1.82) is 0 Å². The highest BCUT2D eigenvalue weighted by Gasteiger charge is 2.33. The molecule has 2 saturated carbocycles. The molecule has 1 atom stereocenters. The van der Waals surface area contributed by atoms with Crippen LogP contribution in [0.25, 0.3) is 11.2 Å². The molecule has 2 heterocycles. The summed E-state index contributed by atoms with van der Waals surface area (Å²) in [5, 5.41) is 9.07. The molecular weight excluding hydrogens is 499 g/mol. The van der Waals surface area contributed by atoms with E-state index in [2.05, 4.69) is 25.9 Å². The number of ether oxygens (including phenoxy) is 1. The van der Waals surface area contributed by atoms with E-state index in [4.69, 9.17) is 9.72 Å². The maximum atomic E-state index is 14.5. The number of benzene rings is 1. The number of rotatable bonds is 10. The molecule has 2 aromatic heterocycles. The lowest BCUT2D eigenvalue weighted by atomic mass is 9.85. The van der Waals surface area contributed by atoms with Crippen LogP contribution in [0.3, 0.4) is 0 Å². The van der Waals surface area contributed by atoms with Crippen molar-refractivity contribution in [3.63, 3.8) is 0 Å². The van der Waals surface area contributed by atoms with E-state index in [1.54, 1.807) is 13.3 Å². The Morgan fingerprint density at radius 3 is 2.45 bits per heavy atom. The van der Waals surface area contributed by atoms with Crippen LogP contribution in [0.15, 0.2) is 18.3 Å². The SMILES string of the molecule is CC[C@H](COC)Nc1ncc2nc(Nc3c(F)cc(F)cc3F)n([C@H]3CC[C@@H](C(=O)NC4CC4)CC3)c2n1. The molecule has 0 bridgehead atoms. The normalized spacial score (nSPS) is 20.3. The molecule has 9 nitrogen and oxygen atoms in total. The number of methoxy groups -OCH3 is 1. The zero-order chi connectivity index (χ0) is 26.8. The number of amides is 1. The number of carbonyl (C=O) groups excluding carboxylic acids is 1. The number of nitrogens with one attached hydrogen (secondary N) is 3. The first-order valence-corrected chi connectivity index (χ1v) is 13.1. The van der Waals surface area contributed by atoms with Crippen LogP contribution in [0.2, 0.25) is 0 Å². The van der Waals surface area contributed by atoms with Crippen LogP contribution in [0.4, 0.5) is 30.8 Å². The van der Waals surface area contributed by atoms with Gasteiger partial charge in [-0.05, 0) is 44.9 Å². The van der Waals surface area contributed by atoms with Crippen LogP contribution >= 0.6 is 0 Å². The fourth-order valence-corrected chi connectivity index (χ4v) is 4.96. The molecule has 38 heavy (non-hydrogen) atoms. The molecule has 5 rings (SSSR count). The van der Waals surface area contributed by atoms with E-state index in [0.717, 1.165) is 19.3 Å². The second-order valence-electron chi connectivity index (χ2n) is 10.1. The summed E-state index contributed by atoms with van der Waals surface area (Å²) in [5.74, 6) is -2.58. The molecule has 0 aliphatic heterocycles. The number of aromatic nitrogens is 4. The monoisotopic (exact) mass is 531 g/mol. The van der Waals surface area contributed by atoms with Gasteiger partial charge in [0.05, 0.1) is 18.8 Å². The molecule has 2 fully saturated rings. The summed E-state index contributed by atoms with van der Waals surface area (Å²) in [5.41, 5.74) is 0.429. The summed E-state index contributed by atoms with van der Waals surface area (Å²) < 4.78 is 49.6. The van der Waals surface area contributed by atoms with Crippen LogP contribution in [0.5, 0.6) is 0 Å². The maximum Gasteiger partial charge on any atom is 0.225 e. The first-order valence-electron chi connectivity index (χ1n) is 13.1. The standard InChI is InChI=1S/C26H32F3N7O2/c1-3-16(13-38-2)32-25-30-12-21-23(35-25)36(18-8-4-14(5-9-18)24(37)31-17-6-7-17)26(33-21)34-22-19(28)10-15(27)11-20(22)29/h10-12,14,16-18H,3-9,13H2,1-2H3,(H,31,37)(H,33,34)(H,30,32,35)/t14-,16-,18+/m1/s1. The molecule has 3 aromatic rings. The highest BCUT2D eigenvalue weighted by Crippen LogP contribution is 2.38. The van der Waals surface area contributed by atoms with Gasteiger partial charge in [-0.1, -0.05) is 6.92 Å². The predicted octanol–water partition coefficient (Wildman–Crippen LogP) is 4.83. The number of fused-ring (bicyclic) bond motifs is 1. The molecule has 0 saturated heterocycles. The number of carbonyl (C=O) groups is 1. The van der Waals surface area contributed by atoms with Gasteiger partial charge < -0.3 is 20.7 Å². The first-order chi connectivity index (χ1) is 18.4. The van der Waals surface area contributed by atoms with E-state index in [-0.39, 0.29) is 29.9 Å². The van der Waals surface area contributed by atoms with Gasteiger partial charge >= 0.3 is 0 Å². The van der Waals surface area contributed by atoms with Crippen molar-refractivity contribution in [2.75, 3.05) is 24.4 Å². The minimum absolute atomic E-state index is 0.00533. The Morgan fingerprint density at radius 2 is 1.82 bits per heavy atom. The van der Waals surface area contributed by atoms with E-state index in [0.29, 0.717) is 67.6 Å². The fraction of sp³-hybridized carbons (Fsp3) is 0.538. The lowest BCUT2D eigenvalue weighted by Gasteiger charge is -2.30. The maximum absolute atomic E-state index is 14.5. The fourth-order valence-electron chi connectivity index (χ4n) is 4.96. The summed E-state index contributed by atoms with van der Waals surface area (Å²) in [4.78, 5) is 26.2. The van der Waals surface area contributed by atoms with Crippen LogP contribution in [-0.2, 0) is 9.53 Å². The third kappa shape index (κ3) is 5.69. The van der Waals surface area contributed by atoms with Crippen molar-refractivity contribution in [1.82, 2.24) is 24.8 Å². The highest BCUT2D eigenvalue weighted by molar-refractivity contribution is 5.79. The minimum Gasteiger partial charge on any atom is -0.383 e. The summed E-state index contributed by atoms with van der Waals surface area (Å²) in [6, 6.07) is 1.41. The molecule has 12 heteroatoms. The van der Waals surface area contributed by atoms with Gasteiger partial charge in [-0.15, -0.1) is 0 Å². The van der Waals surface area contributed by atoms with Crippen molar-refractivity contribution in [3.8, 4) is 0 Å². The molecule has 0 radical (unpaired) electrons. The molecule has 2 aliphatic carbocycles. The Labute approximate surface area is 218 Å². The van der Waals surface area contributed by atoms with E-state index < -0.39 is 23.1 Å². The minimum atomic E-state index is -1.07. The average molecular weight is 532 g/mol. The Bertz CT molecular complexity index is 1280. The second-order valence-corrected chi connectivity index (χ2v) is 10.1. The van der Waals surface area contributed by atoms with Crippen LogP contribution in [0, 0.1) is 23.4 Å². The van der Waals surface area contributed by atoms with Gasteiger partial charge in [0.15, 0.2) is 17.3 Å². The number of nitrogens with zero attached hydrogens (tertiary/aromatic N) is 4.